The molecule has 0 bridgehead atoms. The Balaban J connectivity index is 1.69. The summed E-state index contributed by atoms with van der Waals surface area (Å²) >= 11 is 0. The van der Waals surface area contributed by atoms with Gasteiger partial charge in [-0.2, -0.15) is 0 Å². The lowest BCUT2D eigenvalue weighted by Crippen LogP contribution is -2.54. The van der Waals surface area contributed by atoms with Crippen LogP contribution in [0.15, 0.2) is 78.5 Å². The minimum atomic E-state index is -0.787. The number of aromatic nitrogens is 1. The molecule has 4 rings (SSSR count). The number of amides is 4. The third-order valence-corrected chi connectivity index (χ3v) is 4.61. The lowest BCUT2D eigenvalue weighted by atomic mass is 10.1. The number of hydrogen-bond donors (Lipinski definition) is 1. The standard InChI is InChI=1S/C23H19N3O4/c1-2-30-19-12-10-17(11-13-19)26-22(28)20(21(27)24-23(26)29)15-18-9-6-14-25(18)16-7-4-3-5-8-16/h3-15H,2H2,1H3,(H,24,27,29)/b20-15+. The Bertz CT molecular complexity index is 1130. The molecule has 0 atom stereocenters. The van der Waals surface area contributed by atoms with Crippen LogP contribution in [0.5, 0.6) is 5.75 Å². The van der Waals surface area contributed by atoms with Gasteiger partial charge in [0.15, 0.2) is 0 Å². The minimum absolute atomic E-state index is 0.126. The highest BCUT2D eigenvalue weighted by Crippen LogP contribution is 2.25. The second kappa shape index (κ2) is 8.08. The molecule has 1 aliphatic heterocycles. The molecule has 4 amide bonds. The number of benzene rings is 2. The second-order valence-electron chi connectivity index (χ2n) is 6.52. The largest absolute Gasteiger partial charge is 0.494 e. The second-order valence-corrected chi connectivity index (χ2v) is 6.52. The van der Waals surface area contributed by atoms with Gasteiger partial charge in [0, 0.05) is 17.6 Å². The molecular formula is C23H19N3O4. The van der Waals surface area contributed by atoms with E-state index >= 15 is 0 Å². The number of carbonyl (C=O) groups is 3. The van der Waals surface area contributed by atoms with Gasteiger partial charge in [-0.15, -0.1) is 0 Å². The number of para-hydroxylation sites is 1. The summed E-state index contributed by atoms with van der Waals surface area (Å²) in [7, 11) is 0. The van der Waals surface area contributed by atoms with Crippen molar-refractivity contribution in [3.05, 3.63) is 84.2 Å². The van der Waals surface area contributed by atoms with Crippen LogP contribution >= 0.6 is 0 Å². The molecule has 1 fully saturated rings. The lowest BCUT2D eigenvalue weighted by molar-refractivity contribution is -0.122. The molecular weight excluding hydrogens is 382 g/mol. The predicted molar refractivity (Wildman–Crippen MR) is 112 cm³/mol. The van der Waals surface area contributed by atoms with Gasteiger partial charge in [-0.3, -0.25) is 14.9 Å². The summed E-state index contributed by atoms with van der Waals surface area (Å²) in [5, 5.41) is 2.24. The van der Waals surface area contributed by atoms with Crippen molar-refractivity contribution >= 4 is 29.6 Å². The summed E-state index contributed by atoms with van der Waals surface area (Å²) in [4.78, 5) is 38.8. The number of hydrogen-bond acceptors (Lipinski definition) is 4. The summed E-state index contributed by atoms with van der Waals surface area (Å²) in [5.41, 5.74) is 1.75. The van der Waals surface area contributed by atoms with Gasteiger partial charge in [0.05, 0.1) is 12.3 Å². The van der Waals surface area contributed by atoms with Gasteiger partial charge in [-0.1, -0.05) is 18.2 Å². The highest BCUT2D eigenvalue weighted by atomic mass is 16.5. The molecule has 0 aliphatic carbocycles. The molecule has 1 aliphatic rings. The number of urea groups is 1. The number of barbiturate groups is 1. The van der Waals surface area contributed by atoms with Gasteiger partial charge in [0.25, 0.3) is 11.8 Å². The molecule has 3 aromatic rings. The van der Waals surface area contributed by atoms with Gasteiger partial charge in [-0.25, -0.2) is 9.69 Å². The van der Waals surface area contributed by atoms with E-state index in [-0.39, 0.29) is 5.57 Å². The smallest absolute Gasteiger partial charge is 0.335 e. The zero-order valence-corrected chi connectivity index (χ0v) is 16.2. The Labute approximate surface area is 173 Å². The summed E-state index contributed by atoms with van der Waals surface area (Å²) in [6, 6.07) is 18.9. The Hall–Kier alpha value is -4.13. The molecule has 30 heavy (non-hydrogen) atoms. The van der Waals surface area contributed by atoms with Crippen molar-refractivity contribution in [1.29, 1.82) is 0 Å². The molecule has 7 nitrogen and oxygen atoms in total. The van der Waals surface area contributed by atoms with Crippen LogP contribution in [0.1, 0.15) is 12.6 Å². The van der Waals surface area contributed by atoms with Crippen LogP contribution < -0.4 is 15.0 Å². The fourth-order valence-corrected chi connectivity index (χ4v) is 3.23. The summed E-state index contributed by atoms with van der Waals surface area (Å²) in [6.45, 7) is 2.37. The summed E-state index contributed by atoms with van der Waals surface area (Å²) < 4.78 is 7.25. The molecule has 1 saturated heterocycles. The molecule has 0 radical (unpaired) electrons. The van der Waals surface area contributed by atoms with E-state index in [4.69, 9.17) is 4.74 Å². The quantitative estimate of drug-likeness (QED) is 0.524. The van der Waals surface area contributed by atoms with E-state index in [9.17, 15) is 14.4 Å². The average Bonchev–Trinajstić information content (AvgIpc) is 3.21. The van der Waals surface area contributed by atoms with E-state index in [2.05, 4.69) is 5.32 Å². The molecule has 7 heteroatoms. The first-order valence-corrected chi connectivity index (χ1v) is 9.45. The zero-order chi connectivity index (χ0) is 21.1. The van der Waals surface area contributed by atoms with Crippen molar-refractivity contribution in [2.45, 2.75) is 6.92 Å². The number of nitrogens with one attached hydrogen (secondary N) is 1. The molecule has 2 heterocycles. The summed E-state index contributed by atoms with van der Waals surface area (Å²) in [6.07, 6.45) is 3.32. The fourth-order valence-electron chi connectivity index (χ4n) is 3.23. The molecule has 0 spiro atoms. The lowest BCUT2D eigenvalue weighted by Gasteiger charge is -2.26. The molecule has 2 aromatic carbocycles. The third kappa shape index (κ3) is 3.60. The highest BCUT2D eigenvalue weighted by Gasteiger charge is 2.37. The predicted octanol–water partition coefficient (Wildman–Crippen LogP) is 3.54. The Kier molecular flexibility index (Phi) is 5.17. The van der Waals surface area contributed by atoms with Crippen LogP contribution in [0.2, 0.25) is 0 Å². The Morgan fingerprint density at radius 3 is 2.33 bits per heavy atom. The average molecular weight is 401 g/mol. The number of ether oxygens (including phenoxy) is 1. The number of rotatable bonds is 5. The van der Waals surface area contributed by atoms with Crippen molar-refractivity contribution in [3.63, 3.8) is 0 Å². The van der Waals surface area contributed by atoms with E-state index in [1.165, 1.54) is 6.08 Å². The van der Waals surface area contributed by atoms with Crippen molar-refractivity contribution in [3.8, 4) is 11.4 Å². The molecule has 1 aromatic heterocycles. The van der Waals surface area contributed by atoms with E-state index in [0.717, 1.165) is 10.6 Å². The van der Waals surface area contributed by atoms with Gasteiger partial charge < -0.3 is 9.30 Å². The van der Waals surface area contributed by atoms with Gasteiger partial charge in [0.2, 0.25) is 0 Å². The number of imide groups is 2. The van der Waals surface area contributed by atoms with Crippen LogP contribution in [-0.2, 0) is 9.59 Å². The topological polar surface area (TPSA) is 80.6 Å². The van der Waals surface area contributed by atoms with E-state index in [0.29, 0.717) is 23.7 Å². The monoisotopic (exact) mass is 401 g/mol. The molecule has 150 valence electrons. The molecule has 0 saturated carbocycles. The maximum atomic E-state index is 13.1. The third-order valence-electron chi connectivity index (χ3n) is 4.61. The van der Waals surface area contributed by atoms with E-state index < -0.39 is 17.8 Å². The normalized spacial score (nSPS) is 15.4. The molecule has 0 unspecified atom stereocenters. The van der Waals surface area contributed by atoms with Crippen molar-refractivity contribution in [2.24, 2.45) is 0 Å². The number of anilines is 1. The van der Waals surface area contributed by atoms with E-state index in [1.807, 2.05) is 54.1 Å². The minimum Gasteiger partial charge on any atom is -0.494 e. The van der Waals surface area contributed by atoms with Crippen molar-refractivity contribution in [1.82, 2.24) is 9.88 Å². The van der Waals surface area contributed by atoms with Crippen LogP contribution in [0.4, 0.5) is 10.5 Å². The van der Waals surface area contributed by atoms with Crippen LogP contribution in [-0.4, -0.2) is 29.0 Å². The van der Waals surface area contributed by atoms with Crippen LogP contribution in [0.3, 0.4) is 0 Å². The first-order valence-electron chi connectivity index (χ1n) is 9.45. The highest BCUT2D eigenvalue weighted by molar-refractivity contribution is 6.39. The van der Waals surface area contributed by atoms with Crippen molar-refractivity contribution in [2.75, 3.05) is 11.5 Å². The Morgan fingerprint density at radius 2 is 1.63 bits per heavy atom. The fraction of sp³-hybridized carbons (Fsp3) is 0.0870. The maximum Gasteiger partial charge on any atom is 0.335 e. The van der Waals surface area contributed by atoms with Gasteiger partial charge in [-0.05, 0) is 61.5 Å². The van der Waals surface area contributed by atoms with Crippen molar-refractivity contribution < 1.29 is 19.1 Å². The Morgan fingerprint density at radius 1 is 0.900 bits per heavy atom. The van der Waals surface area contributed by atoms with Gasteiger partial charge in [0.1, 0.15) is 11.3 Å². The summed E-state index contributed by atoms with van der Waals surface area (Å²) in [5.74, 6) is -0.791. The van der Waals surface area contributed by atoms with Crippen LogP contribution in [0, 0.1) is 0 Å². The number of carbonyl (C=O) groups excluding carboxylic acids is 3. The SMILES string of the molecule is CCOc1ccc(N2C(=O)NC(=O)/C(=C\c3cccn3-c3ccccc3)C2=O)cc1. The van der Waals surface area contributed by atoms with E-state index in [1.54, 1.807) is 30.3 Å². The molecule has 1 N–H and O–H groups in total. The maximum absolute atomic E-state index is 13.1. The van der Waals surface area contributed by atoms with Gasteiger partial charge >= 0.3 is 6.03 Å². The zero-order valence-electron chi connectivity index (χ0n) is 16.2. The first-order chi connectivity index (χ1) is 14.6. The number of nitrogens with zero attached hydrogens (tertiary/aromatic N) is 2. The first kappa shape index (κ1) is 19.2. The van der Waals surface area contributed by atoms with Crippen LogP contribution in [0.25, 0.3) is 11.8 Å².